The summed E-state index contributed by atoms with van der Waals surface area (Å²) < 4.78 is 0. The van der Waals surface area contributed by atoms with Crippen LogP contribution >= 0.6 is 0 Å². The van der Waals surface area contributed by atoms with E-state index in [1.54, 1.807) is 0 Å². The van der Waals surface area contributed by atoms with E-state index in [9.17, 15) is 0 Å². The highest BCUT2D eigenvalue weighted by molar-refractivity contribution is 6.32. The van der Waals surface area contributed by atoms with Crippen molar-refractivity contribution in [1.29, 1.82) is 0 Å². The van der Waals surface area contributed by atoms with Crippen LogP contribution in [0.4, 0.5) is 0 Å². The highest BCUT2D eigenvalue weighted by atomic mass is 14.7. The van der Waals surface area contributed by atoms with Crippen molar-refractivity contribution in [3.63, 3.8) is 0 Å². The largest absolute Gasteiger partial charge is 0.256 e. The van der Waals surface area contributed by atoms with Crippen LogP contribution in [0.15, 0.2) is 54.7 Å². The lowest BCUT2D eigenvalue weighted by Gasteiger charge is -2.26. The standard InChI is InChI=1S/C26H32BN/c1-17-12-24(18-8-10-22(27)11-9-18)28-16-23(17)19-13-20(25(2,3)4)15-21(14-19)26(5,6)7/h8-16H,27H2,1-7H3. The Bertz CT molecular complexity index is 954. The van der Waals surface area contributed by atoms with Gasteiger partial charge in [0.15, 0.2) is 0 Å². The molecule has 0 N–H and O–H groups in total. The molecule has 1 nitrogen and oxygen atoms in total. The molecule has 0 fully saturated rings. The molecule has 0 saturated heterocycles. The first-order valence-corrected chi connectivity index (χ1v) is 10.2. The second-order valence-corrected chi connectivity index (χ2v) is 10.0. The van der Waals surface area contributed by atoms with E-state index in [0.29, 0.717) is 0 Å². The molecule has 2 heteroatoms. The van der Waals surface area contributed by atoms with Crippen LogP contribution < -0.4 is 5.46 Å². The molecule has 3 aromatic rings. The Labute approximate surface area is 171 Å². The van der Waals surface area contributed by atoms with Gasteiger partial charge in [-0.2, -0.15) is 0 Å². The van der Waals surface area contributed by atoms with Crippen LogP contribution in [0, 0.1) is 6.92 Å². The molecule has 2 aromatic carbocycles. The van der Waals surface area contributed by atoms with E-state index in [1.807, 2.05) is 6.20 Å². The summed E-state index contributed by atoms with van der Waals surface area (Å²) in [4.78, 5) is 4.80. The van der Waals surface area contributed by atoms with Crippen molar-refractivity contribution in [2.24, 2.45) is 0 Å². The molecular weight excluding hydrogens is 337 g/mol. The molecule has 144 valence electrons. The molecule has 1 heterocycles. The third kappa shape index (κ3) is 4.38. The fourth-order valence-corrected chi connectivity index (χ4v) is 3.39. The molecule has 0 bridgehead atoms. The summed E-state index contributed by atoms with van der Waals surface area (Å²) in [6.45, 7) is 15.9. The minimum absolute atomic E-state index is 0.110. The summed E-state index contributed by atoms with van der Waals surface area (Å²) in [7, 11) is 2.11. The number of nitrogens with zero attached hydrogens (tertiary/aromatic N) is 1. The van der Waals surface area contributed by atoms with Crippen molar-refractivity contribution in [3.05, 3.63) is 71.4 Å². The molecule has 1 aromatic heterocycles. The summed E-state index contributed by atoms with van der Waals surface area (Å²) in [5.74, 6) is 0. The molecule has 0 unspecified atom stereocenters. The van der Waals surface area contributed by atoms with Gasteiger partial charge in [-0.05, 0) is 46.1 Å². The van der Waals surface area contributed by atoms with Crippen molar-refractivity contribution in [2.75, 3.05) is 0 Å². The molecule has 3 rings (SSSR count). The van der Waals surface area contributed by atoms with Crippen molar-refractivity contribution in [1.82, 2.24) is 4.98 Å². The molecule has 0 aliphatic rings. The average Bonchev–Trinajstić information content (AvgIpc) is 2.60. The lowest BCUT2D eigenvalue weighted by molar-refractivity contribution is 0.569. The normalized spacial score (nSPS) is 12.2. The van der Waals surface area contributed by atoms with Crippen LogP contribution in [0.3, 0.4) is 0 Å². The third-order valence-electron chi connectivity index (χ3n) is 5.43. The van der Waals surface area contributed by atoms with Gasteiger partial charge in [-0.1, -0.05) is 89.5 Å². The molecule has 0 saturated carbocycles. The smallest absolute Gasteiger partial charge is 0.139 e. The van der Waals surface area contributed by atoms with Gasteiger partial charge in [0.1, 0.15) is 7.85 Å². The second-order valence-electron chi connectivity index (χ2n) is 10.0. The van der Waals surface area contributed by atoms with Crippen LogP contribution in [-0.4, -0.2) is 12.8 Å². The van der Waals surface area contributed by atoms with Crippen molar-refractivity contribution in [3.8, 4) is 22.4 Å². The van der Waals surface area contributed by atoms with Crippen LogP contribution in [-0.2, 0) is 10.8 Å². The number of rotatable bonds is 2. The van der Waals surface area contributed by atoms with Gasteiger partial charge in [-0.15, -0.1) is 0 Å². The molecule has 0 atom stereocenters. The summed E-state index contributed by atoms with van der Waals surface area (Å²) in [6, 6.07) is 17.8. The molecule has 0 radical (unpaired) electrons. The van der Waals surface area contributed by atoms with Gasteiger partial charge >= 0.3 is 0 Å². The Morgan fingerprint density at radius 1 is 0.714 bits per heavy atom. The second kappa shape index (κ2) is 7.24. The van der Waals surface area contributed by atoms with E-state index in [2.05, 4.69) is 105 Å². The highest BCUT2D eigenvalue weighted by Crippen LogP contribution is 2.35. The van der Waals surface area contributed by atoms with E-state index in [0.717, 1.165) is 5.69 Å². The zero-order chi connectivity index (χ0) is 20.7. The number of pyridine rings is 1. The average molecular weight is 369 g/mol. The summed E-state index contributed by atoms with van der Waals surface area (Å²) in [5.41, 5.74) is 10.2. The first kappa shape index (κ1) is 20.4. The third-order valence-corrected chi connectivity index (χ3v) is 5.43. The van der Waals surface area contributed by atoms with Crippen LogP contribution in [0.2, 0.25) is 0 Å². The van der Waals surface area contributed by atoms with Gasteiger partial charge in [0, 0.05) is 17.3 Å². The Hall–Kier alpha value is -2.35. The minimum atomic E-state index is 0.110. The van der Waals surface area contributed by atoms with E-state index in [1.165, 1.54) is 38.8 Å². The quantitative estimate of drug-likeness (QED) is 0.538. The number of hydrogen-bond acceptors (Lipinski definition) is 1. The summed E-state index contributed by atoms with van der Waals surface area (Å²) in [5, 5.41) is 0. The van der Waals surface area contributed by atoms with E-state index >= 15 is 0 Å². The molecular formula is C26H32BN. The highest BCUT2D eigenvalue weighted by Gasteiger charge is 2.21. The Balaban J connectivity index is 2.11. The Kier molecular flexibility index (Phi) is 5.27. The zero-order valence-electron chi connectivity index (χ0n) is 18.6. The maximum absolute atomic E-state index is 4.80. The minimum Gasteiger partial charge on any atom is -0.256 e. The molecule has 0 aliphatic heterocycles. The van der Waals surface area contributed by atoms with Gasteiger partial charge < -0.3 is 0 Å². The van der Waals surface area contributed by atoms with E-state index in [-0.39, 0.29) is 10.8 Å². The maximum atomic E-state index is 4.80. The maximum Gasteiger partial charge on any atom is 0.139 e. The number of aromatic nitrogens is 1. The van der Waals surface area contributed by atoms with Gasteiger partial charge in [0.25, 0.3) is 0 Å². The van der Waals surface area contributed by atoms with E-state index in [4.69, 9.17) is 4.98 Å². The zero-order valence-corrected chi connectivity index (χ0v) is 18.6. The first-order valence-electron chi connectivity index (χ1n) is 10.2. The Morgan fingerprint density at radius 2 is 1.25 bits per heavy atom. The van der Waals surface area contributed by atoms with Crippen molar-refractivity contribution in [2.45, 2.75) is 59.3 Å². The number of hydrogen-bond donors (Lipinski definition) is 0. The van der Waals surface area contributed by atoms with Crippen LogP contribution in [0.5, 0.6) is 0 Å². The predicted molar refractivity (Wildman–Crippen MR) is 125 cm³/mol. The summed E-state index contributed by atoms with van der Waals surface area (Å²) >= 11 is 0. The van der Waals surface area contributed by atoms with Crippen LogP contribution in [0.25, 0.3) is 22.4 Å². The van der Waals surface area contributed by atoms with Gasteiger partial charge in [-0.3, -0.25) is 4.98 Å². The SMILES string of the molecule is Bc1ccc(-c2cc(C)c(-c3cc(C(C)(C)C)cc(C(C)(C)C)c3)cn2)cc1. The van der Waals surface area contributed by atoms with Gasteiger partial charge in [0.2, 0.25) is 0 Å². The fourth-order valence-electron chi connectivity index (χ4n) is 3.39. The van der Waals surface area contributed by atoms with Gasteiger partial charge in [-0.25, -0.2) is 0 Å². The fraction of sp³-hybridized carbons (Fsp3) is 0.346. The number of benzene rings is 2. The molecule has 28 heavy (non-hydrogen) atoms. The first-order chi connectivity index (χ1) is 12.9. The summed E-state index contributed by atoms with van der Waals surface area (Å²) in [6.07, 6.45) is 2.04. The van der Waals surface area contributed by atoms with Crippen molar-refractivity contribution >= 4 is 13.3 Å². The molecule has 0 spiro atoms. The molecule has 0 aliphatic carbocycles. The van der Waals surface area contributed by atoms with Crippen molar-refractivity contribution < 1.29 is 0 Å². The van der Waals surface area contributed by atoms with E-state index < -0.39 is 0 Å². The Morgan fingerprint density at radius 3 is 1.71 bits per heavy atom. The van der Waals surface area contributed by atoms with Crippen LogP contribution in [0.1, 0.15) is 58.2 Å². The lowest BCUT2D eigenvalue weighted by Crippen LogP contribution is -2.16. The topological polar surface area (TPSA) is 12.9 Å². The number of aryl methyl sites for hydroxylation is 1. The predicted octanol–water partition coefficient (Wildman–Crippen LogP) is 5.58. The monoisotopic (exact) mass is 369 g/mol. The van der Waals surface area contributed by atoms with Gasteiger partial charge in [0.05, 0.1) is 5.69 Å². The molecule has 0 amide bonds. The lowest BCUT2D eigenvalue weighted by atomic mass is 9.78.